The van der Waals surface area contributed by atoms with Crippen LogP contribution in [0.5, 0.6) is 11.5 Å². The van der Waals surface area contributed by atoms with E-state index in [0.29, 0.717) is 0 Å². The fourth-order valence-electron chi connectivity index (χ4n) is 6.26. The number of hydrogen-bond donors (Lipinski definition) is 0. The molecule has 178 valence electrons. The third-order valence-electron chi connectivity index (χ3n) is 7.79. The smallest absolute Gasteiger partial charge is 0.228 e. The zero-order chi connectivity index (χ0) is 24.9. The topological polar surface area (TPSA) is 26.2 Å². The lowest BCUT2D eigenvalue weighted by Crippen LogP contribution is -2.32. The molecule has 0 N–H and O–H groups in total. The Morgan fingerprint density at radius 1 is 0.750 bits per heavy atom. The van der Waals surface area contributed by atoms with Crippen LogP contribution in [0, 0.1) is 19.3 Å². The quantitative estimate of drug-likeness (QED) is 0.223. The summed E-state index contributed by atoms with van der Waals surface area (Å²) in [7, 11) is 2.14. The highest BCUT2D eigenvalue weighted by Crippen LogP contribution is 2.54. The van der Waals surface area contributed by atoms with Crippen LogP contribution in [0.25, 0.3) is 54.7 Å². The Hall–Kier alpha value is -3.85. The molecule has 36 heavy (non-hydrogen) atoms. The Bertz CT molecular complexity index is 1900. The average Bonchev–Trinajstić information content (AvgIpc) is 3.24. The van der Waals surface area contributed by atoms with E-state index < -0.39 is 0 Å². The number of aryl methyl sites for hydroxylation is 3. The van der Waals surface area contributed by atoms with Gasteiger partial charge in [-0.15, -0.1) is 0 Å². The summed E-state index contributed by atoms with van der Waals surface area (Å²) in [6.45, 7) is 11.3. The van der Waals surface area contributed by atoms with E-state index >= 15 is 0 Å². The summed E-state index contributed by atoms with van der Waals surface area (Å²) in [5, 5.41) is 7.10. The molecule has 0 radical (unpaired) electrons. The molecule has 1 aliphatic rings. The van der Waals surface area contributed by atoms with Crippen LogP contribution in [0.2, 0.25) is 0 Å². The average molecular weight is 473 g/mol. The Kier molecular flexibility index (Phi) is 4.23. The van der Waals surface area contributed by atoms with E-state index in [1.165, 1.54) is 33.2 Å². The largest absolute Gasteiger partial charge is 0.455 e. The molecular formula is C33H30NO2+. The summed E-state index contributed by atoms with van der Waals surface area (Å²) in [5.41, 5.74) is 8.05. The first-order chi connectivity index (χ1) is 17.2. The predicted octanol–water partition coefficient (Wildman–Crippen LogP) is 8.70. The van der Waals surface area contributed by atoms with Gasteiger partial charge in [-0.05, 0) is 48.1 Å². The van der Waals surface area contributed by atoms with Crippen molar-refractivity contribution >= 4 is 43.5 Å². The molecule has 1 aliphatic heterocycles. The first-order valence-corrected chi connectivity index (χ1v) is 12.7. The Labute approximate surface area is 210 Å². The van der Waals surface area contributed by atoms with Crippen molar-refractivity contribution in [2.75, 3.05) is 0 Å². The number of para-hydroxylation sites is 1. The molecular weight excluding hydrogens is 442 g/mol. The van der Waals surface area contributed by atoms with Gasteiger partial charge in [-0.2, -0.15) is 0 Å². The lowest BCUT2D eigenvalue weighted by Gasteiger charge is -2.28. The van der Waals surface area contributed by atoms with Crippen molar-refractivity contribution in [3.63, 3.8) is 0 Å². The van der Waals surface area contributed by atoms with Gasteiger partial charge in [0.1, 0.15) is 35.1 Å². The second-order valence-corrected chi connectivity index (χ2v) is 11.5. The SMILES string of the molecule is Cc1c2c(c(CC(C)(C)C)c3ccccc13)Oc1c(C)c3c4ccccc4oc3c3cc[n+](C)c-2c13. The summed E-state index contributed by atoms with van der Waals surface area (Å²) in [4.78, 5) is 0. The zero-order valence-electron chi connectivity index (χ0n) is 21.7. The highest BCUT2D eigenvalue weighted by molar-refractivity contribution is 6.21. The number of pyridine rings is 1. The van der Waals surface area contributed by atoms with Crippen molar-refractivity contribution < 1.29 is 13.7 Å². The molecule has 0 aliphatic carbocycles. The van der Waals surface area contributed by atoms with Crippen molar-refractivity contribution in [1.82, 2.24) is 0 Å². The molecule has 0 saturated carbocycles. The molecule has 2 aromatic heterocycles. The molecule has 6 aromatic rings. The lowest BCUT2D eigenvalue weighted by molar-refractivity contribution is -0.659. The number of benzene rings is 4. The van der Waals surface area contributed by atoms with Crippen LogP contribution in [-0.2, 0) is 13.5 Å². The summed E-state index contributed by atoms with van der Waals surface area (Å²) >= 11 is 0. The first-order valence-electron chi connectivity index (χ1n) is 12.7. The Balaban J connectivity index is 1.71. The fraction of sp³-hybridized carbons (Fsp3) is 0.242. The highest BCUT2D eigenvalue weighted by Gasteiger charge is 2.36. The molecule has 7 rings (SSSR count). The summed E-state index contributed by atoms with van der Waals surface area (Å²) < 4.78 is 15.8. The number of aromatic nitrogens is 1. The van der Waals surface area contributed by atoms with Gasteiger partial charge in [0.15, 0.2) is 6.20 Å². The van der Waals surface area contributed by atoms with Crippen LogP contribution in [0.15, 0.2) is 65.2 Å². The summed E-state index contributed by atoms with van der Waals surface area (Å²) in [6.07, 6.45) is 3.09. The van der Waals surface area contributed by atoms with Gasteiger partial charge in [-0.1, -0.05) is 63.2 Å². The summed E-state index contributed by atoms with van der Waals surface area (Å²) in [5.74, 6) is 1.96. The van der Waals surface area contributed by atoms with E-state index in [1.54, 1.807) is 0 Å². The molecule has 4 aromatic carbocycles. The van der Waals surface area contributed by atoms with Crippen molar-refractivity contribution in [1.29, 1.82) is 0 Å². The Morgan fingerprint density at radius 3 is 2.19 bits per heavy atom. The second kappa shape index (κ2) is 7.10. The molecule has 3 heteroatoms. The second-order valence-electron chi connectivity index (χ2n) is 11.5. The van der Waals surface area contributed by atoms with Crippen LogP contribution >= 0.6 is 0 Å². The fourth-order valence-corrected chi connectivity index (χ4v) is 6.26. The number of rotatable bonds is 1. The maximum absolute atomic E-state index is 7.07. The number of ether oxygens (including phenoxy) is 1. The number of nitrogens with zero attached hydrogens (tertiary/aromatic N) is 1. The van der Waals surface area contributed by atoms with E-state index in [0.717, 1.165) is 56.2 Å². The van der Waals surface area contributed by atoms with Gasteiger partial charge in [0.2, 0.25) is 5.69 Å². The molecule has 3 heterocycles. The van der Waals surface area contributed by atoms with Crippen LogP contribution in [0.3, 0.4) is 0 Å². The Morgan fingerprint density at radius 2 is 1.44 bits per heavy atom. The number of furan rings is 1. The van der Waals surface area contributed by atoms with E-state index in [4.69, 9.17) is 9.15 Å². The summed E-state index contributed by atoms with van der Waals surface area (Å²) in [6, 6.07) is 19.3. The minimum absolute atomic E-state index is 0.114. The number of hydrogen-bond acceptors (Lipinski definition) is 2. The monoisotopic (exact) mass is 472 g/mol. The van der Waals surface area contributed by atoms with Crippen molar-refractivity contribution in [2.45, 2.75) is 41.0 Å². The minimum atomic E-state index is 0.114. The van der Waals surface area contributed by atoms with E-state index in [2.05, 4.69) is 101 Å². The molecule has 0 fully saturated rings. The van der Waals surface area contributed by atoms with Gasteiger partial charge in [0.05, 0.1) is 5.56 Å². The highest BCUT2D eigenvalue weighted by atomic mass is 16.5. The van der Waals surface area contributed by atoms with Gasteiger partial charge in [0.25, 0.3) is 0 Å². The third-order valence-corrected chi connectivity index (χ3v) is 7.79. The van der Waals surface area contributed by atoms with E-state index in [1.807, 2.05) is 6.07 Å². The minimum Gasteiger partial charge on any atom is -0.455 e. The number of fused-ring (bicyclic) bond motifs is 7. The van der Waals surface area contributed by atoms with Crippen LogP contribution in [0.1, 0.15) is 37.5 Å². The van der Waals surface area contributed by atoms with Gasteiger partial charge in [-0.3, -0.25) is 0 Å². The third kappa shape index (κ3) is 2.77. The van der Waals surface area contributed by atoms with Gasteiger partial charge in [0, 0.05) is 33.4 Å². The maximum Gasteiger partial charge on any atom is 0.228 e. The van der Waals surface area contributed by atoms with Crippen molar-refractivity contribution in [3.05, 3.63) is 77.5 Å². The van der Waals surface area contributed by atoms with Crippen LogP contribution < -0.4 is 9.30 Å². The first kappa shape index (κ1) is 21.4. The predicted molar refractivity (Wildman–Crippen MR) is 148 cm³/mol. The maximum atomic E-state index is 7.07. The van der Waals surface area contributed by atoms with Gasteiger partial charge < -0.3 is 9.15 Å². The molecule has 0 saturated heterocycles. The molecule has 0 unspecified atom stereocenters. The molecule has 0 atom stereocenters. The van der Waals surface area contributed by atoms with Gasteiger partial charge >= 0.3 is 0 Å². The van der Waals surface area contributed by atoms with Crippen LogP contribution in [-0.4, -0.2) is 0 Å². The van der Waals surface area contributed by atoms with Gasteiger partial charge in [-0.25, -0.2) is 4.57 Å². The van der Waals surface area contributed by atoms with E-state index in [9.17, 15) is 0 Å². The standard InChI is InChI=1S/C33H30NO2/c1-18-20-11-7-8-12-21(20)24(17-33(3,4)5)32-27(18)29-28-23(15-16-34(29)6)31-26(19(2)30(28)36-32)22-13-9-10-14-25(22)35-31/h7-16H,17H2,1-6H3/q+1. The molecule has 0 amide bonds. The normalized spacial score (nSPS) is 13.1. The molecule has 3 nitrogen and oxygen atoms in total. The molecule has 0 bridgehead atoms. The molecule has 0 spiro atoms. The lowest BCUT2D eigenvalue weighted by atomic mass is 9.81. The van der Waals surface area contributed by atoms with Crippen LogP contribution in [0.4, 0.5) is 0 Å². The van der Waals surface area contributed by atoms with E-state index in [-0.39, 0.29) is 5.41 Å². The zero-order valence-corrected chi connectivity index (χ0v) is 21.7. The van der Waals surface area contributed by atoms with Crippen molar-refractivity contribution in [3.8, 4) is 22.8 Å². The van der Waals surface area contributed by atoms with Crippen molar-refractivity contribution in [2.24, 2.45) is 12.5 Å².